The van der Waals surface area contributed by atoms with Crippen molar-refractivity contribution in [3.8, 4) is 33.4 Å². The predicted octanol–water partition coefficient (Wildman–Crippen LogP) is 10.8. The van der Waals surface area contributed by atoms with E-state index in [1.54, 1.807) is 12.3 Å². The lowest BCUT2D eigenvalue weighted by Gasteiger charge is -2.20. The van der Waals surface area contributed by atoms with Gasteiger partial charge in [0.05, 0.1) is 26.4 Å². The van der Waals surface area contributed by atoms with Crippen LogP contribution in [0, 0.1) is 6.57 Å². The fraction of sp³-hybridized carbons (Fsp3) is 0.0789. The Morgan fingerprint density at radius 2 is 1.22 bits per heavy atom. The van der Waals surface area contributed by atoms with Crippen LogP contribution in [-0.2, 0) is 0 Å². The topological polar surface area (TPSA) is 17.5 Å². The average Bonchev–Trinajstić information content (AvgIpc) is 3.48. The zero-order valence-corrected chi connectivity index (χ0v) is 24.1. The van der Waals surface area contributed by atoms with E-state index in [1.807, 2.05) is 60.7 Å². The second kappa shape index (κ2) is 9.62. The van der Waals surface area contributed by atoms with Crippen molar-refractivity contribution in [1.82, 2.24) is 0 Å². The summed E-state index contributed by atoms with van der Waals surface area (Å²) in [4.78, 5) is 3.57. The van der Waals surface area contributed by atoms with E-state index in [0.29, 0.717) is 22.0 Å². The average molecular weight is 548 g/mol. The lowest BCUT2D eigenvalue weighted by molar-refractivity contribution is 0.617. The molecule has 0 radical (unpaired) electrons. The maximum atomic E-state index is 9.13. The van der Waals surface area contributed by atoms with E-state index in [0.717, 1.165) is 49.5 Å². The molecule has 1 heterocycles. The first-order valence-corrected chi connectivity index (χ1v) is 17.1. The third-order valence-corrected chi connectivity index (χ3v) is 9.93. The van der Waals surface area contributed by atoms with Crippen molar-refractivity contribution in [3.05, 3.63) is 133 Å². The summed E-state index contributed by atoms with van der Waals surface area (Å²) in [7, 11) is -1.54. The van der Waals surface area contributed by atoms with Crippen LogP contribution in [-0.4, -0.2) is 8.07 Å². The van der Waals surface area contributed by atoms with Crippen LogP contribution in [0.15, 0.2) is 126 Å². The van der Waals surface area contributed by atoms with E-state index < -0.39 is 8.07 Å². The van der Waals surface area contributed by atoms with Crippen LogP contribution in [0.3, 0.4) is 0 Å². The Balaban J connectivity index is 1.51. The quantitative estimate of drug-likeness (QED) is 0.122. The molecule has 0 spiro atoms. The van der Waals surface area contributed by atoms with Crippen LogP contribution in [0.4, 0.5) is 5.69 Å². The molecule has 0 fully saturated rings. The number of fused-ring (bicyclic) bond motifs is 3. The number of hydrogen-bond acceptors (Lipinski definition) is 1. The van der Waals surface area contributed by atoms with E-state index in [2.05, 4.69) is 48.8 Å². The predicted molar refractivity (Wildman–Crippen MR) is 177 cm³/mol. The molecule has 0 aliphatic heterocycles. The Morgan fingerprint density at radius 3 is 1.78 bits per heavy atom. The lowest BCUT2D eigenvalue weighted by Crippen LogP contribution is -2.37. The molecule has 0 saturated heterocycles. The van der Waals surface area contributed by atoms with Crippen molar-refractivity contribution in [2.45, 2.75) is 19.6 Å². The summed E-state index contributed by atoms with van der Waals surface area (Å²) in [6, 6.07) is 29.4. The highest BCUT2D eigenvalue weighted by molar-refractivity contribution is 6.88. The van der Waals surface area contributed by atoms with Crippen LogP contribution >= 0.6 is 0 Å². The Kier molecular flexibility index (Phi) is 4.91. The molecule has 7 aromatic rings. The van der Waals surface area contributed by atoms with Crippen molar-refractivity contribution in [3.63, 3.8) is 0 Å². The van der Waals surface area contributed by atoms with Gasteiger partial charge in [-0.15, -0.1) is 0 Å². The Labute approximate surface area is 247 Å². The molecule has 0 saturated carbocycles. The number of rotatable bonds is 4. The first-order valence-electron chi connectivity index (χ1n) is 15.6. The molecule has 1 aromatic heterocycles. The van der Waals surface area contributed by atoms with Gasteiger partial charge in [-0.3, -0.25) is 0 Å². The summed E-state index contributed by atoms with van der Waals surface area (Å²) in [5, 5.41) is 5.07. The van der Waals surface area contributed by atoms with Gasteiger partial charge >= 0.3 is 0 Å². The van der Waals surface area contributed by atoms with Crippen LogP contribution in [0.1, 0.15) is 5.48 Å². The van der Waals surface area contributed by atoms with E-state index in [4.69, 9.17) is 16.5 Å². The van der Waals surface area contributed by atoms with Gasteiger partial charge in [0.25, 0.3) is 0 Å². The van der Waals surface area contributed by atoms with Gasteiger partial charge in [0, 0.05) is 10.9 Å². The van der Waals surface area contributed by atoms with Crippen molar-refractivity contribution in [2.24, 2.45) is 0 Å². The molecule has 0 aliphatic carbocycles. The molecule has 0 atom stereocenters. The zero-order chi connectivity index (χ0) is 31.6. The summed E-state index contributed by atoms with van der Waals surface area (Å²) >= 11 is 0. The molecule has 196 valence electrons. The fourth-order valence-electron chi connectivity index (χ4n) is 5.74. The first kappa shape index (κ1) is 20.9. The Hall–Kier alpha value is -4.91. The van der Waals surface area contributed by atoms with Crippen molar-refractivity contribution in [1.29, 1.82) is 0 Å². The number of nitrogens with zero attached hydrogens (tertiary/aromatic N) is 1. The van der Waals surface area contributed by atoms with Crippen LogP contribution in [0.2, 0.25) is 19.6 Å². The SMILES string of the molecule is [2H]c1c([2H])c([2H])c2c(-c3ccc([Si](C)(C)C)cc3)c3ccccc3c(-c3ccc(-c4coc5ccc([N+]#[C-])cc45)cc3)c2c1[2H]. The van der Waals surface area contributed by atoms with Gasteiger partial charge < -0.3 is 4.42 Å². The molecule has 6 aromatic carbocycles. The summed E-state index contributed by atoms with van der Waals surface area (Å²) < 4.78 is 41.3. The van der Waals surface area contributed by atoms with Gasteiger partial charge in [0.2, 0.25) is 0 Å². The second-order valence-electron chi connectivity index (χ2n) is 11.4. The molecule has 7 rings (SSSR count). The number of hydrogen-bond donors (Lipinski definition) is 0. The molecule has 2 nitrogen and oxygen atoms in total. The van der Waals surface area contributed by atoms with Crippen LogP contribution in [0.25, 0.3) is 70.7 Å². The molecule has 0 N–H and O–H groups in total. The molecular weight excluding hydrogens is 515 g/mol. The molecule has 0 bridgehead atoms. The molecule has 3 heteroatoms. The smallest absolute Gasteiger partial charge is 0.188 e. The minimum absolute atomic E-state index is 0.0422. The third kappa shape index (κ3) is 4.25. The maximum absolute atomic E-state index is 9.13. The summed E-state index contributed by atoms with van der Waals surface area (Å²) in [6.45, 7) is 14.3. The summed E-state index contributed by atoms with van der Waals surface area (Å²) in [6.07, 6.45) is 1.71. The minimum Gasteiger partial charge on any atom is -0.464 e. The molecule has 0 aliphatic rings. The lowest BCUT2D eigenvalue weighted by atomic mass is 9.86. The van der Waals surface area contributed by atoms with Crippen LogP contribution in [0.5, 0.6) is 0 Å². The Bertz CT molecular complexity index is 2350. The van der Waals surface area contributed by atoms with Gasteiger partial charge in [-0.2, -0.15) is 0 Å². The largest absolute Gasteiger partial charge is 0.464 e. The molecule has 41 heavy (non-hydrogen) atoms. The normalized spacial score (nSPS) is 13.1. The van der Waals surface area contributed by atoms with Gasteiger partial charge in [-0.05, 0) is 61.5 Å². The van der Waals surface area contributed by atoms with Crippen molar-refractivity contribution >= 4 is 51.5 Å². The standard InChI is InChI=1S/C38H29NOSi/c1-39-28-19-22-36-34(23-28)35(24-40-36)25-13-15-26(16-14-25)37-30-9-5-7-11-32(30)38(33-12-8-6-10-31(33)37)27-17-20-29(21-18-27)41(2,3)4/h5-24H,2-4H3/i5D,7D,9D,11D. The second-order valence-corrected chi connectivity index (χ2v) is 16.5. The fourth-order valence-corrected chi connectivity index (χ4v) is 6.91. The Morgan fingerprint density at radius 1 is 0.659 bits per heavy atom. The monoisotopic (exact) mass is 547 g/mol. The summed E-state index contributed by atoms with van der Waals surface area (Å²) in [5.41, 5.74) is 6.43. The van der Waals surface area contributed by atoms with Crippen molar-refractivity contribution in [2.75, 3.05) is 0 Å². The zero-order valence-electron chi connectivity index (χ0n) is 27.1. The van der Waals surface area contributed by atoms with E-state index >= 15 is 0 Å². The van der Waals surface area contributed by atoms with Gasteiger partial charge in [-0.25, -0.2) is 4.85 Å². The number of furan rings is 1. The van der Waals surface area contributed by atoms with Crippen molar-refractivity contribution < 1.29 is 9.90 Å². The van der Waals surface area contributed by atoms with Gasteiger partial charge in [0.15, 0.2) is 5.69 Å². The van der Waals surface area contributed by atoms with E-state index in [-0.39, 0.29) is 24.2 Å². The minimum atomic E-state index is -1.54. The highest BCUT2D eigenvalue weighted by atomic mass is 28.3. The molecule has 0 amide bonds. The highest BCUT2D eigenvalue weighted by Gasteiger charge is 2.19. The maximum Gasteiger partial charge on any atom is 0.188 e. The van der Waals surface area contributed by atoms with Gasteiger partial charge in [-0.1, -0.05) is 128 Å². The van der Waals surface area contributed by atoms with E-state index in [9.17, 15) is 0 Å². The third-order valence-electron chi connectivity index (χ3n) is 7.86. The molecular formula is C38H29NOSi. The van der Waals surface area contributed by atoms with Crippen LogP contribution < -0.4 is 5.19 Å². The summed E-state index contributed by atoms with van der Waals surface area (Å²) in [5.74, 6) is 0. The van der Waals surface area contributed by atoms with Gasteiger partial charge in [0.1, 0.15) is 5.58 Å². The molecule has 0 unspecified atom stereocenters. The first-order chi connectivity index (χ1) is 21.6. The highest BCUT2D eigenvalue weighted by Crippen LogP contribution is 2.44. The van der Waals surface area contributed by atoms with E-state index in [1.165, 1.54) is 5.19 Å². The number of benzene rings is 6.